The Labute approximate surface area is 90.5 Å². The maximum absolute atomic E-state index is 11.4. The topological polar surface area (TPSA) is 37.4 Å². The fraction of sp³-hybridized carbons (Fsp3) is 0.500. The van der Waals surface area contributed by atoms with Gasteiger partial charge in [0, 0.05) is 25.2 Å². The molecule has 0 bridgehead atoms. The molecule has 0 heterocycles. The predicted molar refractivity (Wildman–Crippen MR) is 59.1 cm³/mol. The van der Waals surface area contributed by atoms with Crippen molar-refractivity contribution in [3.63, 3.8) is 0 Å². The Bertz CT molecular complexity index is 340. The highest BCUT2D eigenvalue weighted by Crippen LogP contribution is 2.22. The number of nitrogens with zero attached hydrogens (tertiary/aromatic N) is 1. The van der Waals surface area contributed by atoms with Crippen LogP contribution in [-0.2, 0) is 9.59 Å². The Balaban J connectivity index is 3.11. The molecule has 1 aliphatic carbocycles. The van der Waals surface area contributed by atoms with Crippen LogP contribution >= 0.6 is 0 Å². The molecule has 1 aliphatic rings. The van der Waals surface area contributed by atoms with Crippen LogP contribution in [0, 0.1) is 0 Å². The van der Waals surface area contributed by atoms with Crippen LogP contribution in [0.2, 0.25) is 0 Å². The second kappa shape index (κ2) is 4.91. The van der Waals surface area contributed by atoms with Crippen molar-refractivity contribution < 1.29 is 9.59 Å². The fourth-order valence-electron chi connectivity index (χ4n) is 1.68. The summed E-state index contributed by atoms with van der Waals surface area (Å²) in [6.45, 7) is 3.05. The number of allylic oxidation sites excluding steroid dienone is 4. The van der Waals surface area contributed by atoms with E-state index in [0.717, 1.165) is 25.0 Å². The Hall–Kier alpha value is -1.38. The first-order valence-electron chi connectivity index (χ1n) is 5.19. The molecule has 0 aromatic rings. The van der Waals surface area contributed by atoms with E-state index in [9.17, 15) is 9.59 Å². The quantitative estimate of drug-likeness (QED) is 0.695. The summed E-state index contributed by atoms with van der Waals surface area (Å²) >= 11 is 0. The van der Waals surface area contributed by atoms with Crippen molar-refractivity contribution in [3.8, 4) is 0 Å². The van der Waals surface area contributed by atoms with Crippen molar-refractivity contribution in [2.45, 2.75) is 33.1 Å². The number of hydrogen-bond donors (Lipinski definition) is 0. The molecule has 0 unspecified atom stereocenters. The van der Waals surface area contributed by atoms with Crippen LogP contribution < -0.4 is 0 Å². The number of amides is 1. The molecule has 0 atom stereocenters. The number of Topliss-reactive ketones (excluding diaryl/α,β-unsaturated/α-hetero) is 1. The van der Waals surface area contributed by atoms with E-state index in [-0.39, 0.29) is 11.7 Å². The van der Waals surface area contributed by atoms with Crippen molar-refractivity contribution in [2.24, 2.45) is 0 Å². The molecule has 0 fully saturated rings. The van der Waals surface area contributed by atoms with E-state index >= 15 is 0 Å². The number of rotatable bonds is 2. The van der Waals surface area contributed by atoms with Gasteiger partial charge in [-0.15, -0.1) is 0 Å². The van der Waals surface area contributed by atoms with Crippen LogP contribution in [0.5, 0.6) is 0 Å². The lowest BCUT2D eigenvalue weighted by Gasteiger charge is -2.20. The Morgan fingerprint density at radius 3 is 2.53 bits per heavy atom. The molecular formula is C12H17NO2. The van der Waals surface area contributed by atoms with E-state index in [1.54, 1.807) is 18.9 Å². The standard InChI is InChI=1S/C12H17NO2/c1-9(14)11-7-5-4-6-8-12(11)13(3)10(2)15/h5,7H,4,6,8H2,1-3H3. The van der Waals surface area contributed by atoms with Crippen molar-refractivity contribution in [1.29, 1.82) is 0 Å². The lowest BCUT2D eigenvalue weighted by atomic mass is 10.1. The highest BCUT2D eigenvalue weighted by atomic mass is 16.2. The molecule has 15 heavy (non-hydrogen) atoms. The highest BCUT2D eigenvalue weighted by molar-refractivity contribution is 5.97. The monoisotopic (exact) mass is 207 g/mol. The van der Waals surface area contributed by atoms with E-state index in [4.69, 9.17) is 0 Å². The molecule has 0 spiro atoms. The normalized spacial score (nSPS) is 16.2. The first-order chi connectivity index (χ1) is 7.04. The molecule has 3 heteroatoms. The minimum absolute atomic E-state index is 0.0243. The number of carbonyl (C=O) groups is 2. The van der Waals surface area contributed by atoms with Gasteiger partial charge in [-0.3, -0.25) is 9.59 Å². The van der Waals surface area contributed by atoms with Crippen LogP contribution in [-0.4, -0.2) is 23.6 Å². The average molecular weight is 207 g/mol. The molecule has 3 nitrogen and oxygen atoms in total. The number of ketones is 1. The summed E-state index contributed by atoms with van der Waals surface area (Å²) in [6, 6.07) is 0. The summed E-state index contributed by atoms with van der Waals surface area (Å²) in [5.74, 6) is -0.00435. The van der Waals surface area contributed by atoms with Gasteiger partial charge >= 0.3 is 0 Å². The maximum atomic E-state index is 11.4. The van der Waals surface area contributed by atoms with Gasteiger partial charge < -0.3 is 4.90 Å². The third kappa shape index (κ3) is 2.78. The Morgan fingerprint density at radius 2 is 2.00 bits per heavy atom. The van der Waals surface area contributed by atoms with E-state index in [1.165, 1.54) is 6.92 Å². The number of carbonyl (C=O) groups excluding carboxylic acids is 2. The first-order valence-corrected chi connectivity index (χ1v) is 5.19. The summed E-state index contributed by atoms with van der Waals surface area (Å²) in [6.07, 6.45) is 6.58. The van der Waals surface area contributed by atoms with Crippen LogP contribution in [0.1, 0.15) is 33.1 Å². The third-order valence-electron chi connectivity index (χ3n) is 2.64. The predicted octanol–water partition coefficient (Wildman–Crippen LogP) is 2.05. The van der Waals surface area contributed by atoms with Gasteiger partial charge in [-0.25, -0.2) is 0 Å². The first kappa shape index (κ1) is 11.7. The fourth-order valence-corrected chi connectivity index (χ4v) is 1.68. The molecule has 0 radical (unpaired) electrons. The van der Waals surface area contributed by atoms with Crippen LogP contribution in [0.4, 0.5) is 0 Å². The van der Waals surface area contributed by atoms with Gasteiger partial charge in [-0.2, -0.15) is 0 Å². The summed E-state index contributed by atoms with van der Waals surface area (Å²) in [5.41, 5.74) is 1.52. The van der Waals surface area contributed by atoms with Crippen molar-refractivity contribution in [3.05, 3.63) is 23.4 Å². The highest BCUT2D eigenvalue weighted by Gasteiger charge is 2.17. The van der Waals surface area contributed by atoms with Crippen LogP contribution in [0.3, 0.4) is 0 Å². The number of hydrogen-bond acceptors (Lipinski definition) is 2. The zero-order chi connectivity index (χ0) is 11.4. The minimum Gasteiger partial charge on any atom is -0.319 e. The van der Waals surface area contributed by atoms with Gasteiger partial charge in [0.05, 0.1) is 0 Å². The lowest BCUT2D eigenvalue weighted by Crippen LogP contribution is -2.25. The largest absolute Gasteiger partial charge is 0.319 e. The third-order valence-corrected chi connectivity index (χ3v) is 2.64. The Morgan fingerprint density at radius 1 is 1.33 bits per heavy atom. The van der Waals surface area contributed by atoms with E-state index in [0.29, 0.717) is 5.57 Å². The van der Waals surface area contributed by atoms with Gasteiger partial charge in [-0.1, -0.05) is 12.2 Å². The summed E-state index contributed by atoms with van der Waals surface area (Å²) in [7, 11) is 1.72. The van der Waals surface area contributed by atoms with Crippen molar-refractivity contribution >= 4 is 11.7 Å². The van der Waals surface area contributed by atoms with Crippen LogP contribution in [0.15, 0.2) is 23.4 Å². The molecule has 0 aromatic heterocycles. The summed E-state index contributed by atoms with van der Waals surface area (Å²) in [5, 5.41) is 0. The second-order valence-corrected chi connectivity index (χ2v) is 3.79. The second-order valence-electron chi connectivity index (χ2n) is 3.79. The molecule has 0 saturated heterocycles. The minimum atomic E-state index is -0.0287. The van der Waals surface area contributed by atoms with Gasteiger partial charge in [0.25, 0.3) is 0 Å². The van der Waals surface area contributed by atoms with Gasteiger partial charge in [0.1, 0.15) is 0 Å². The molecular weight excluding hydrogens is 190 g/mol. The SMILES string of the molecule is CC(=O)C1=C(N(C)C(C)=O)CCCC=C1. The van der Waals surface area contributed by atoms with Gasteiger partial charge in [0.2, 0.25) is 5.91 Å². The smallest absolute Gasteiger partial charge is 0.223 e. The molecule has 1 rings (SSSR count). The zero-order valence-corrected chi connectivity index (χ0v) is 9.54. The molecule has 0 aromatic carbocycles. The average Bonchev–Trinajstić information content (AvgIpc) is 2.40. The lowest BCUT2D eigenvalue weighted by molar-refractivity contribution is -0.126. The Kier molecular flexibility index (Phi) is 3.83. The van der Waals surface area contributed by atoms with E-state index < -0.39 is 0 Å². The zero-order valence-electron chi connectivity index (χ0n) is 9.54. The summed E-state index contributed by atoms with van der Waals surface area (Å²) in [4.78, 5) is 24.3. The van der Waals surface area contributed by atoms with E-state index in [2.05, 4.69) is 0 Å². The van der Waals surface area contributed by atoms with Gasteiger partial charge in [0.15, 0.2) is 5.78 Å². The van der Waals surface area contributed by atoms with Crippen LogP contribution in [0.25, 0.3) is 0 Å². The van der Waals surface area contributed by atoms with E-state index in [1.807, 2.05) is 12.2 Å². The molecule has 1 amide bonds. The summed E-state index contributed by atoms with van der Waals surface area (Å²) < 4.78 is 0. The van der Waals surface area contributed by atoms with Gasteiger partial charge in [-0.05, 0) is 26.2 Å². The van der Waals surface area contributed by atoms with Crippen molar-refractivity contribution in [1.82, 2.24) is 4.90 Å². The molecule has 82 valence electrons. The van der Waals surface area contributed by atoms with Crippen molar-refractivity contribution in [2.75, 3.05) is 7.05 Å². The molecule has 0 N–H and O–H groups in total. The maximum Gasteiger partial charge on any atom is 0.223 e. The molecule has 0 saturated carbocycles. The molecule has 0 aliphatic heterocycles.